The second-order valence-electron chi connectivity index (χ2n) is 8.09. The van der Waals surface area contributed by atoms with E-state index in [2.05, 4.69) is 42.3 Å². The van der Waals surface area contributed by atoms with Crippen molar-refractivity contribution in [3.63, 3.8) is 0 Å². The van der Waals surface area contributed by atoms with Crippen molar-refractivity contribution < 1.29 is 9.47 Å². The quantitative estimate of drug-likeness (QED) is 0.665. The Morgan fingerprint density at radius 2 is 1.97 bits per heavy atom. The minimum atomic E-state index is 0.419. The molecule has 0 bridgehead atoms. The molecule has 2 aliphatic heterocycles. The number of ether oxygens (including phenoxy) is 2. The molecule has 1 atom stereocenters. The van der Waals surface area contributed by atoms with Gasteiger partial charge in [-0.3, -0.25) is 4.90 Å². The van der Waals surface area contributed by atoms with Crippen LogP contribution in [-0.2, 0) is 11.3 Å². The summed E-state index contributed by atoms with van der Waals surface area (Å²) >= 11 is 1.76. The Balaban J connectivity index is 1.42. The Labute approximate surface area is 181 Å². The summed E-state index contributed by atoms with van der Waals surface area (Å²) in [6, 6.07) is 8.38. The van der Waals surface area contributed by atoms with Crippen LogP contribution in [0, 0.1) is 13.8 Å². The number of hydrogen-bond acceptors (Lipinski definition) is 7. The van der Waals surface area contributed by atoms with Crippen LogP contribution >= 0.6 is 11.3 Å². The Hall–Kier alpha value is -2.22. The van der Waals surface area contributed by atoms with Crippen molar-refractivity contribution in [1.82, 2.24) is 14.9 Å². The number of morpholine rings is 1. The van der Waals surface area contributed by atoms with Crippen molar-refractivity contribution in [3.8, 4) is 5.75 Å². The molecule has 1 saturated heterocycles. The van der Waals surface area contributed by atoms with E-state index in [1.165, 1.54) is 21.4 Å². The van der Waals surface area contributed by atoms with Crippen molar-refractivity contribution in [1.29, 1.82) is 0 Å². The SMILES string of the molecule is Cc1sc2nc(CN3CCOCC3)nc(NCC3CCOc4ccccc43)c2c1C. The minimum absolute atomic E-state index is 0.419. The fraction of sp³-hybridized carbons (Fsp3) is 0.478. The van der Waals surface area contributed by atoms with Gasteiger partial charge in [0, 0.05) is 30.4 Å². The van der Waals surface area contributed by atoms with E-state index in [1.54, 1.807) is 11.3 Å². The van der Waals surface area contributed by atoms with Crippen LogP contribution in [0.4, 0.5) is 5.82 Å². The van der Waals surface area contributed by atoms with E-state index < -0.39 is 0 Å². The molecule has 0 aliphatic carbocycles. The average molecular weight is 425 g/mol. The molecule has 7 heteroatoms. The summed E-state index contributed by atoms with van der Waals surface area (Å²) in [4.78, 5) is 14.6. The highest BCUT2D eigenvalue weighted by atomic mass is 32.1. The smallest absolute Gasteiger partial charge is 0.146 e. The molecule has 2 aliphatic rings. The fourth-order valence-electron chi connectivity index (χ4n) is 4.30. The first-order chi connectivity index (χ1) is 14.7. The Morgan fingerprint density at radius 1 is 1.13 bits per heavy atom. The standard InChI is InChI=1S/C23H28N4O2S/c1-15-16(2)30-23-21(15)22(25-20(26-23)14-27-8-11-28-12-9-27)24-13-17-7-10-29-19-6-4-3-5-18(17)19/h3-6,17H,7-14H2,1-2H3,(H,24,25,26). The van der Waals surface area contributed by atoms with Gasteiger partial charge < -0.3 is 14.8 Å². The number of thiophene rings is 1. The Bertz CT molecular complexity index is 1050. The molecule has 0 spiro atoms. The van der Waals surface area contributed by atoms with Gasteiger partial charge in [-0.2, -0.15) is 0 Å². The van der Waals surface area contributed by atoms with Crippen LogP contribution in [0.3, 0.4) is 0 Å². The lowest BCUT2D eigenvalue weighted by atomic mass is 9.93. The number of anilines is 1. The molecule has 3 aromatic rings. The monoisotopic (exact) mass is 424 g/mol. The normalized spacial score (nSPS) is 19.5. The number of nitrogens with one attached hydrogen (secondary N) is 1. The maximum Gasteiger partial charge on any atom is 0.146 e. The van der Waals surface area contributed by atoms with Gasteiger partial charge in [-0.25, -0.2) is 9.97 Å². The van der Waals surface area contributed by atoms with Gasteiger partial charge in [0.05, 0.1) is 31.8 Å². The molecule has 0 radical (unpaired) electrons. The highest BCUT2D eigenvalue weighted by Gasteiger charge is 2.23. The van der Waals surface area contributed by atoms with Gasteiger partial charge in [0.1, 0.15) is 22.2 Å². The molecule has 6 nitrogen and oxygen atoms in total. The third-order valence-electron chi connectivity index (χ3n) is 6.14. The summed E-state index contributed by atoms with van der Waals surface area (Å²) in [6.07, 6.45) is 1.01. The van der Waals surface area contributed by atoms with Crippen LogP contribution in [0.2, 0.25) is 0 Å². The van der Waals surface area contributed by atoms with E-state index in [4.69, 9.17) is 19.4 Å². The van der Waals surface area contributed by atoms with Crippen molar-refractivity contribution >= 4 is 27.4 Å². The summed E-state index contributed by atoms with van der Waals surface area (Å²) in [6.45, 7) is 10.2. The van der Waals surface area contributed by atoms with Crippen molar-refractivity contribution in [2.24, 2.45) is 0 Å². The first kappa shape index (κ1) is 19.7. The number of rotatable bonds is 5. The maximum atomic E-state index is 5.83. The first-order valence-electron chi connectivity index (χ1n) is 10.7. The molecule has 2 aromatic heterocycles. The maximum absolute atomic E-state index is 5.83. The van der Waals surface area contributed by atoms with E-state index >= 15 is 0 Å². The van der Waals surface area contributed by atoms with Gasteiger partial charge in [0.15, 0.2) is 0 Å². The van der Waals surface area contributed by atoms with Crippen LogP contribution in [0.1, 0.15) is 34.2 Å². The summed E-state index contributed by atoms with van der Waals surface area (Å²) in [5.74, 6) is 3.29. The lowest BCUT2D eigenvalue weighted by Gasteiger charge is -2.27. The van der Waals surface area contributed by atoms with Crippen LogP contribution in [0.15, 0.2) is 24.3 Å². The van der Waals surface area contributed by atoms with Gasteiger partial charge in [-0.1, -0.05) is 18.2 Å². The van der Waals surface area contributed by atoms with E-state index in [0.717, 1.165) is 74.6 Å². The number of nitrogens with zero attached hydrogens (tertiary/aromatic N) is 3. The Morgan fingerprint density at radius 3 is 2.83 bits per heavy atom. The second kappa shape index (κ2) is 8.49. The summed E-state index contributed by atoms with van der Waals surface area (Å²) in [5, 5.41) is 4.86. The van der Waals surface area contributed by atoms with Crippen molar-refractivity contribution in [3.05, 3.63) is 46.1 Å². The van der Waals surface area contributed by atoms with Gasteiger partial charge in [-0.05, 0) is 37.5 Å². The summed E-state index contributed by atoms with van der Waals surface area (Å²) < 4.78 is 11.3. The number of benzene rings is 1. The van der Waals surface area contributed by atoms with E-state index in [9.17, 15) is 0 Å². The predicted octanol–water partition coefficient (Wildman–Crippen LogP) is 4.12. The highest BCUT2D eigenvalue weighted by molar-refractivity contribution is 7.18. The third-order valence-corrected chi connectivity index (χ3v) is 7.24. The molecule has 1 fully saturated rings. The largest absolute Gasteiger partial charge is 0.493 e. The number of fused-ring (bicyclic) bond motifs is 2. The van der Waals surface area contributed by atoms with E-state index in [0.29, 0.717) is 5.92 Å². The summed E-state index contributed by atoms with van der Waals surface area (Å²) in [7, 11) is 0. The van der Waals surface area contributed by atoms with Crippen LogP contribution in [0.5, 0.6) is 5.75 Å². The number of aryl methyl sites for hydroxylation is 2. The molecular weight excluding hydrogens is 396 g/mol. The topological polar surface area (TPSA) is 59.5 Å². The zero-order chi connectivity index (χ0) is 20.5. The lowest BCUT2D eigenvalue weighted by molar-refractivity contribution is 0.0331. The van der Waals surface area contributed by atoms with Crippen LogP contribution < -0.4 is 10.1 Å². The van der Waals surface area contributed by atoms with Gasteiger partial charge >= 0.3 is 0 Å². The van der Waals surface area contributed by atoms with Crippen LogP contribution in [0.25, 0.3) is 10.2 Å². The fourth-order valence-corrected chi connectivity index (χ4v) is 5.35. The van der Waals surface area contributed by atoms with Gasteiger partial charge in [-0.15, -0.1) is 11.3 Å². The zero-order valence-electron chi connectivity index (χ0n) is 17.6. The van der Waals surface area contributed by atoms with Crippen molar-refractivity contribution in [2.75, 3.05) is 44.8 Å². The number of para-hydroxylation sites is 1. The van der Waals surface area contributed by atoms with Crippen molar-refractivity contribution in [2.45, 2.75) is 32.7 Å². The highest BCUT2D eigenvalue weighted by Crippen LogP contribution is 2.36. The molecule has 4 heterocycles. The van der Waals surface area contributed by atoms with E-state index in [-0.39, 0.29) is 0 Å². The summed E-state index contributed by atoms with van der Waals surface area (Å²) in [5.41, 5.74) is 2.57. The lowest BCUT2D eigenvalue weighted by Crippen LogP contribution is -2.36. The number of aromatic nitrogens is 2. The third kappa shape index (κ3) is 3.89. The predicted molar refractivity (Wildman–Crippen MR) is 121 cm³/mol. The van der Waals surface area contributed by atoms with Gasteiger partial charge in [0.2, 0.25) is 0 Å². The molecule has 5 rings (SSSR count). The molecule has 0 saturated carbocycles. The van der Waals surface area contributed by atoms with Crippen LogP contribution in [-0.4, -0.2) is 54.3 Å². The zero-order valence-corrected chi connectivity index (χ0v) is 18.4. The van der Waals surface area contributed by atoms with Gasteiger partial charge in [0.25, 0.3) is 0 Å². The molecule has 158 valence electrons. The molecule has 1 N–H and O–H groups in total. The second-order valence-corrected chi connectivity index (χ2v) is 9.30. The Kier molecular flexibility index (Phi) is 5.58. The molecule has 30 heavy (non-hydrogen) atoms. The average Bonchev–Trinajstić information content (AvgIpc) is 3.06. The first-order valence-corrected chi connectivity index (χ1v) is 11.5. The molecule has 0 amide bonds. The van der Waals surface area contributed by atoms with E-state index in [1.807, 2.05) is 6.07 Å². The molecular formula is C23H28N4O2S. The number of hydrogen-bond donors (Lipinski definition) is 1. The molecule has 1 aromatic carbocycles. The minimum Gasteiger partial charge on any atom is -0.493 e. The molecule has 1 unspecified atom stereocenters.